The lowest BCUT2D eigenvalue weighted by atomic mass is 10.3. The molecule has 1 N–H and O–H groups in total. The zero-order valence-electron chi connectivity index (χ0n) is 17.1. The first-order valence-electron chi connectivity index (χ1n) is 9.71. The molecule has 0 bridgehead atoms. The fourth-order valence-electron chi connectivity index (χ4n) is 3.01. The summed E-state index contributed by atoms with van der Waals surface area (Å²) in [6.07, 6.45) is 1.15. The van der Waals surface area contributed by atoms with E-state index in [4.69, 9.17) is 4.74 Å². The number of benzene rings is 2. The van der Waals surface area contributed by atoms with E-state index >= 15 is 0 Å². The Morgan fingerprint density at radius 1 is 1.23 bits per heavy atom. The van der Waals surface area contributed by atoms with Crippen molar-refractivity contribution in [2.24, 2.45) is 0 Å². The number of fused-ring (bicyclic) bond motifs is 1. The number of nitrogens with zero attached hydrogens (tertiary/aromatic N) is 3. The summed E-state index contributed by atoms with van der Waals surface area (Å²) in [5.41, 5.74) is 1.46. The number of hydrogen-bond donors (Lipinski definition) is 1. The van der Waals surface area contributed by atoms with E-state index in [1.807, 2.05) is 31.2 Å². The van der Waals surface area contributed by atoms with Gasteiger partial charge in [0.1, 0.15) is 17.4 Å². The van der Waals surface area contributed by atoms with Crippen LogP contribution in [0.1, 0.15) is 18.5 Å². The van der Waals surface area contributed by atoms with E-state index in [0.29, 0.717) is 22.9 Å². The van der Waals surface area contributed by atoms with Crippen LogP contribution in [0.25, 0.3) is 15.3 Å². The molecular formula is C22H21FN4O2S2. The number of aryl methyl sites for hydroxylation is 1. The number of hydrogen-bond acceptors (Lipinski definition) is 6. The molecule has 0 spiro atoms. The second kappa shape index (κ2) is 9.49. The van der Waals surface area contributed by atoms with Gasteiger partial charge in [0.25, 0.3) is 0 Å². The molecule has 0 radical (unpaired) electrons. The van der Waals surface area contributed by atoms with E-state index < -0.39 is 0 Å². The van der Waals surface area contributed by atoms with Gasteiger partial charge in [-0.15, -0.1) is 11.8 Å². The number of thiazole rings is 1. The minimum absolute atomic E-state index is 0.0800. The highest BCUT2D eigenvalue weighted by Crippen LogP contribution is 2.28. The van der Waals surface area contributed by atoms with Crippen LogP contribution >= 0.6 is 23.1 Å². The number of rotatable bonds is 8. The number of amides is 1. The van der Waals surface area contributed by atoms with Crippen LogP contribution in [-0.2, 0) is 4.79 Å². The molecule has 6 nitrogen and oxygen atoms in total. The molecule has 0 saturated carbocycles. The van der Waals surface area contributed by atoms with Gasteiger partial charge < -0.3 is 10.1 Å². The third-order valence-corrected chi connectivity index (χ3v) is 6.59. The molecule has 2 heterocycles. The lowest BCUT2D eigenvalue weighted by Gasteiger charge is -2.07. The van der Waals surface area contributed by atoms with Crippen LogP contribution in [0.15, 0.2) is 53.4 Å². The molecule has 0 unspecified atom stereocenters. The molecule has 0 fully saturated rings. The van der Waals surface area contributed by atoms with E-state index in [9.17, 15) is 9.18 Å². The SMILES string of the molecule is COc1ccc(SCCCC(=O)Nc2cc(C)nn2-c2nc3ccc(F)cc3s2)cc1. The van der Waals surface area contributed by atoms with Gasteiger partial charge in [-0.1, -0.05) is 11.3 Å². The predicted octanol–water partition coefficient (Wildman–Crippen LogP) is 5.45. The number of thioether (sulfide) groups is 1. The average molecular weight is 457 g/mol. The van der Waals surface area contributed by atoms with Crippen molar-refractivity contribution in [3.8, 4) is 10.9 Å². The number of carbonyl (C=O) groups excluding carboxylic acids is 1. The summed E-state index contributed by atoms with van der Waals surface area (Å²) in [6.45, 7) is 1.85. The van der Waals surface area contributed by atoms with Crippen LogP contribution in [0.3, 0.4) is 0 Å². The van der Waals surface area contributed by atoms with Crippen LogP contribution in [0.5, 0.6) is 5.75 Å². The van der Waals surface area contributed by atoms with Gasteiger partial charge in [0, 0.05) is 17.4 Å². The Labute approximate surface area is 187 Å². The molecular weight excluding hydrogens is 435 g/mol. The van der Waals surface area contributed by atoms with E-state index in [2.05, 4.69) is 15.4 Å². The smallest absolute Gasteiger partial charge is 0.225 e. The monoisotopic (exact) mass is 456 g/mol. The van der Waals surface area contributed by atoms with Gasteiger partial charge in [0.15, 0.2) is 0 Å². The fraction of sp³-hybridized carbons (Fsp3) is 0.227. The molecule has 9 heteroatoms. The Hall–Kier alpha value is -2.91. The number of methoxy groups -OCH3 is 1. The summed E-state index contributed by atoms with van der Waals surface area (Å²) >= 11 is 3.03. The lowest BCUT2D eigenvalue weighted by molar-refractivity contribution is -0.116. The van der Waals surface area contributed by atoms with Crippen molar-refractivity contribution < 1.29 is 13.9 Å². The van der Waals surface area contributed by atoms with Gasteiger partial charge in [0.05, 0.1) is 23.0 Å². The third kappa shape index (κ3) is 5.23. The van der Waals surface area contributed by atoms with Gasteiger partial charge in [-0.05, 0) is 61.6 Å². The quantitative estimate of drug-likeness (QED) is 0.282. The highest BCUT2D eigenvalue weighted by molar-refractivity contribution is 7.99. The Balaban J connectivity index is 1.36. The van der Waals surface area contributed by atoms with Crippen LogP contribution in [0, 0.1) is 12.7 Å². The minimum atomic E-state index is -0.305. The highest BCUT2D eigenvalue weighted by atomic mass is 32.2. The zero-order valence-corrected chi connectivity index (χ0v) is 18.7. The van der Waals surface area contributed by atoms with Crippen molar-refractivity contribution >= 4 is 45.0 Å². The molecule has 31 heavy (non-hydrogen) atoms. The van der Waals surface area contributed by atoms with Crippen molar-refractivity contribution in [2.75, 3.05) is 18.2 Å². The Bertz CT molecular complexity index is 1200. The summed E-state index contributed by atoms with van der Waals surface area (Å²) in [5, 5.41) is 7.95. The molecule has 1 amide bonds. The molecule has 0 aliphatic carbocycles. The molecule has 0 atom stereocenters. The number of nitrogens with one attached hydrogen (secondary N) is 1. The maximum atomic E-state index is 13.5. The molecule has 160 valence electrons. The Morgan fingerprint density at radius 3 is 2.81 bits per heavy atom. The second-order valence-electron chi connectivity index (χ2n) is 6.87. The first-order chi connectivity index (χ1) is 15.0. The first-order valence-corrected chi connectivity index (χ1v) is 11.5. The molecule has 4 aromatic rings. The summed E-state index contributed by atoms with van der Waals surface area (Å²) in [6, 6.07) is 14.1. The maximum absolute atomic E-state index is 13.5. The van der Waals surface area contributed by atoms with Crippen molar-refractivity contribution in [2.45, 2.75) is 24.7 Å². The lowest BCUT2D eigenvalue weighted by Crippen LogP contribution is -2.14. The predicted molar refractivity (Wildman–Crippen MR) is 123 cm³/mol. The van der Waals surface area contributed by atoms with Gasteiger partial charge in [0.2, 0.25) is 11.0 Å². The third-order valence-electron chi connectivity index (χ3n) is 4.50. The summed E-state index contributed by atoms with van der Waals surface area (Å²) < 4.78 is 21.0. The second-order valence-corrected chi connectivity index (χ2v) is 9.04. The number of anilines is 1. The van der Waals surface area contributed by atoms with Crippen molar-refractivity contribution in [3.63, 3.8) is 0 Å². The van der Waals surface area contributed by atoms with E-state index in [1.54, 1.807) is 35.7 Å². The summed E-state index contributed by atoms with van der Waals surface area (Å²) in [7, 11) is 1.64. The molecule has 4 rings (SSSR count). The van der Waals surface area contributed by atoms with Gasteiger partial charge >= 0.3 is 0 Å². The van der Waals surface area contributed by atoms with Gasteiger partial charge in [-0.25, -0.2) is 9.37 Å². The van der Waals surface area contributed by atoms with Crippen LogP contribution in [-0.4, -0.2) is 33.5 Å². The van der Waals surface area contributed by atoms with Crippen LogP contribution in [0.2, 0.25) is 0 Å². The number of halogens is 1. The minimum Gasteiger partial charge on any atom is -0.497 e. The normalized spacial score (nSPS) is 11.1. The van der Waals surface area contributed by atoms with Crippen molar-refractivity contribution in [1.29, 1.82) is 0 Å². The van der Waals surface area contributed by atoms with Gasteiger partial charge in [-0.2, -0.15) is 9.78 Å². The first kappa shape index (κ1) is 21.3. The van der Waals surface area contributed by atoms with Gasteiger partial charge in [-0.3, -0.25) is 4.79 Å². The molecule has 0 saturated heterocycles. The molecule has 2 aromatic carbocycles. The maximum Gasteiger partial charge on any atom is 0.225 e. The Kier molecular flexibility index (Phi) is 6.53. The standard InChI is InChI=1S/C22H21FN4O2S2/c1-14-12-20(27(26-14)22-24-18-10-5-15(23)13-19(18)31-22)25-21(28)4-3-11-30-17-8-6-16(29-2)7-9-17/h5-10,12-13H,3-4,11H2,1-2H3,(H,25,28). The van der Waals surface area contributed by atoms with E-state index in [-0.39, 0.29) is 11.7 Å². The van der Waals surface area contributed by atoms with E-state index in [0.717, 1.165) is 33.2 Å². The molecule has 0 aliphatic heterocycles. The number of carbonyl (C=O) groups is 1. The topological polar surface area (TPSA) is 69.0 Å². The van der Waals surface area contributed by atoms with E-state index in [1.165, 1.54) is 23.5 Å². The highest BCUT2D eigenvalue weighted by Gasteiger charge is 2.15. The average Bonchev–Trinajstić information content (AvgIpc) is 3.34. The Morgan fingerprint density at radius 2 is 2.03 bits per heavy atom. The van der Waals surface area contributed by atoms with Crippen LogP contribution in [0.4, 0.5) is 10.2 Å². The van der Waals surface area contributed by atoms with Crippen molar-refractivity contribution in [3.05, 3.63) is 60.0 Å². The van der Waals surface area contributed by atoms with Crippen LogP contribution < -0.4 is 10.1 Å². The molecule has 2 aromatic heterocycles. The largest absolute Gasteiger partial charge is 0.497 e. The number of aromatic nitrogens is 3. The molecule has 0 aliphatic rings. The fourth-order valence-corrected chi connectivity index (χ4v) is 4.82. The zero-order chi connectivity index (χ0) is 21.8. The summed E-state index contributed by atoms with van der Waals surface area (Å²) in [4.78, 5) is 18.1. The van der Waals surface area contributed by atoms with Crippen molar-refractivity contribution in [1.82, 2.24) is 14.8 Å². The summed E-state index contributed by atoms with van der Waals surface area (Å²) in [5.74, 6) is 1.84. The number of ether oxygens (including phenoxy) is 1.